The number of hydrogen-bond acceptors (Lipinski definition) is 5. The van der Waals surface area contributed by atoms with Crippen molar-refractivity contribution in [3.8, 4) is 17.0 Å². The first-order valence-electron chi connectivity index (χ1n) is 9.26. The van der Waals surface area contributed by atoms with Crippen LogP contribution in [0.25, 0.3) is 11.3 Å². The van der Waals surface area contributed by atoms with Crippen LogP contribution in [0.3, 0.4) is 0 Å². The number of fused-ring (bicyclic) bond motifs is 1. The number of anilines is 1. The van der Waals surface area contributed by atoms with Crippen LogP contribution in [0.1, 0.15) is 16.1 Å². The summed E-state index contributed by atoms with van der Waals surface area (Å²) in [7, 11) is 3.31. The van der Waals surface area contributed by atoms with Gasteiger partial charge in [0.15, 0.2) is 6.10 Å². The zero-order valence-electron chi connectivity index (χ0n) is 16.5. The minimum atomic E-state index is -0.789. The number of ether oxygens (including phenoxy) is 1. The van der Waals surface area contributed by atoms with Crippen molar-refractivity contribution >= 4 is 17.5 Å². The zero-order chi connectivity index (χ0) is 20.5. The van der Waals surface area contributed by atoms with Crippen LogP contribution in [-0.4, -0.2) is 48.6 Å². The zero-order valence-corrected chi connectivity index (χ0v) is 16.5. The number of aromatic nitrogens is 1. The minimum Gasteiger partial charge on any atom is -0.476 e. The Kier molecular flexibility index (Phi) is 4.80. The molecule has 0 saturated heterocycles. The summed E-state index contributed by atoms with van der Waals surface area (Å²) in [5, 5.41) is 4.04. The first-order valence-corrected chi connectivity index (χ1v) is 9.26. The van der Waals surface area contributed by atoms with Crippen LogP contribution in [0.15, 0.2) is 59.1 Å². The molecule has 148 valence electrons. The van der Waals surface area contributed by atoms with E-state index in [0.717, 1.165) is 11.1 Å². The number of benzene rings is 2. The molecule has 2 amide bonds. The molecule has 0 spiro atoms. The van der Waals surface area contributed by atoms with Crippen molar-refractivity contribution in [2.75, 3.05) is 25.5 Å². The fourth-order valence-electron chi connectivity index (χ4n) is 3.21. The molecule has 29 heavy (non-hydrogen) atoms. The van der Waals surface area contributed by atoms with Gasteiger partial charge in [-0.25, -0.2) is 0 Å². The highest BCUT2D eigenvalue weighted by atomic mass is 16.5. The SMILES string of the molecule is Cc1ccc(-c2cc(C(=O)N3C[C@H](C(=O)N(C)C)Oc4ccccc43)on2)cc1. The molecule has 3 aromatic rings. The first kappa shape index (κ1) is 18.7. The standard InChI is InChI=1S/C22H21N3O4/c1-14-8-10-15(11-9-14)16-12-19(29-23-16)22(27)25-13-20(21(26)24(2)3)28-18-7-5-4-6-17(18)25/h4-12,20H,13H2,1-3H3/t20-/m1/s1. The third kappa shape index (κ3) is 3.59. The third-order valence-corrected chi connectivity index (χ3v) is 4.80. The van der Waals surface area contributed by atoms with E-state index in [4.69, 9.17) is 9.26 Å². The van der Waals surface area contributed by atoms with Crippen LogP contribution in [0.5, 0.6) is 5.75 Å². The Bertz CT molecular complexity index is 1060. The number of carbonyl (C=O) groups excluding carboxylic acids is 2. The van der Waals surface area contributed by atoms with Gasteiger partial charge >= 0.3 is 0 Å². The molecule has 0 unspecified atom stereocenters. The largest absolute Gasteiger partial charge is 0.476 e. The van der Waals surface area contributed by atoms with Gasteiger partial charge < -0.3 is 14.2 Å². The Morgan fingerprint density at radius 1 is 1.10 bits per heavy atom. The molecular weight excluding hydrogens is 370 g/mol. The second-order valence-electron chi connectivity index (χ2n) is 7.17. The summed E-state index contributed by atoms with van der Waals surface area (Å²) >= 11 is 0. The van der Waals surface area contributed by atoms with E-state index in [9.17, 15) is 9.59 Å². The van der Waals surface area contributed by atoms with E-state index in [1.807, 2.05) is 37.3 Å². The lowest BCUT2D eigenvalue weighted by atomic mass is 10.1. The minimum absolute atomic E-state index is 0.0907. The normalized spacial score (nSPS) is 15.4. The lowest BCUT2D eigenvalue weighted by Crippen LogP contribution is -2.50. The smallest absolute Gasteiger partial charge is 0.297 e. The monoisotopic (exact) mass is 391 g/mol. The van der Waals surface area contributed by atoms with Crippen molar-refractivity contribution in [3.05, 3.63) is 65.9 Å². The average Bonchev–Trinajstić information content (AvgIpc) is 3.22. The number of hydrogen-bond donors (Lipinski definition) is 0. The quantitative estimate of drug-likeness (QED) is 0.686. The first-order chi connectivity index (χ1) is 13.9. The van der Waals surface area contributed by atoms with Gasteiger partial charge in [-0.1, -0.05) is 47.1 Å². The van der Waals surface area contributed by atoms with Gasteiger partial charge in [0.05, 0.1) is 12.2 Å². The molecule has 4 rings (SSSR count). The van der Waals surface area contributed by atoms with E-state index >= 15 is 0 Å². The van der Waals surface area contributed by atoms with Gasteiger partial charge in [0.1, 0.15) is 11.4 Å². The number of nitrogens with zero attached hydrogens (tertiary/aromatic N) is 3. The summed E-state index contributed by atoms with van der Waals surface area (Å²) in [5.74, 6) is -0.00251. The van der Waals surface area contributed by atoms with Crippen molar-refractivity contribution < 1.29 is 18.8 Å². The molecule has 0 aliphatic carbocycles. The third-order valence-electron chi connectivity index (χ3n) is 4.80. The van der Waals surface area contributed by atoms with Gasteiger partial charge in [0.25, 0.3) is 11.8 Å². The molecule has 0 N–H and O–H groups in total. The van der Waals surface area contributed by atoms with E-state index in [1.54, 1.807) is 38.4 Å². The Hall–Kier alpha value is -3.61. The fourth-order valence-corrected chi connectivity index (χ4v) is 3.21. The van der Waals surface area contributed by atoms with Gasteiger partial charge in [-0.3, -0.25) is 14.5 Å². The van der Waals surface area contributed by atoms with Crippen molar-refractivity contribution in [2.45, 2.75) is 13.0 Å². The lowest BCUT2D eigenvalue weighted by Gasteiger charge is -2.34. The van der Waals surface area contributed by atoms with Crippen molar-refractivity contribution in [3.63, 3.8) is 0 Å². The molecule has 2 aromatic carbocycles. The molecule has 1 aliphatic rings. The van der Waals surface area contributed by atoms with E-state index in [1.165, 1.54) is 9.80 Å². The number of para-hydroxylation sites is 2. The molecule has 1 atom stereocenters. The van der Waals surface area contributed by atoms with E-state index in [0.29, 0.717) is 17.1 Å². The van der Waals surface area contributed by atoms with Crippen LogP contribution in [-0.2, 0) is 4.79 Å². The summed E-state index contributed by atoms with van der Waals surface area (Å²) in [4.78, 5) is 28.6. The van der Waals surface area contributed by atoms with Crippen LogP contribution >= 0.6 is 0 Å². The average molecular weight is 391 g/mol. The predicted octanol–water partition coefficient (Wildman–Crippen LogP) is 3.15. The van der Waals surface area contributed by atoms with E-state index in [-0.39, 0.29) is 24.1 Å². The lowest BCUT2D eigenvalue weighted by molar-refractivity contribution is -0.135. The van der Waals surface area contributed by atoms with Gasteiger partial charge in [0, 0.05) is 25.7 Å². The summed E-state index contributed by atoms with van der Waals surface area (Å²) < 4.78 is 11.2. The molecule has 1 aliphatic heterocycles. The van der Waals surface area contributed by atoms with Crippen molar-refractivity contribution in [2.24, 2.45) is 0 Å². The number of amides is 2. The van der Waals surface area contributed by atoms with Gasteiger partial charge in [-0.2, -0.15) is 0 Å². The summed E-state index contributed by atoms with van der Waals surface area (Å²) in [6, 6.07) is 16.6. The Labute approximate surface area is 168 Å². The second-order valence-corrected chi connectivity index (χ2v) is 7.17. The van der Waals surface area contributed by atoms with Gasteiger partial charge in [-0.15, -0.1) is 0 Å². The summed E-state index contributed by atoms with van der Waals surface area (Å²) in [6.07, 6.45) is -0.789. The molecule has 0 radical (unpaired) electrons. The number of likely N-dealkylation sites (N-methyl/N-ethyl adjacent to an activating group) is 1. The Balaban J connectivity index is 1.65. The number of aryl methyl sites for hydroxylation is 1. The summed E-state index contributed by atoms with van der Waals surface area (Å²) in [5.41, 5.74) is 3.17. The highest BCUT2D eigenvalue weighted by Gasteiger charge is 2.36. The van der Waals surface area contributed by atoms with Crippen LogP contribution < -0.4 is 9.64 Å². The molecular formula is C22H21N3O4. The number of carbonyl (C=O) groups is 2. The van der Waals surface area contributed by atoms with Crippen molar-refractivity contribution in [1.29, 1.82) is 0 Å². The maximum Gasteiger partial charge on any atom is 0.297 e. The summed E-state index contributed by atoms with van der Waals surface area (Å²) in [6.45, 7) is 2.09. The van der Waals surface area contributed by atoms with Gasteiger partial charge in [-0.05, 0) is 19.1 Å². The Morgan fingerprint density at radius 3 is 2.55 bits per heavy atom. The van der Waals surface area contributed by atoms with Crippen molar-refractivity contribution in [1.82, 2.24) is 10.1 Å². The maximum absolute atomic E-state index is 13.2. The highest BCUT2D eigenvalue weighted by Crippen LogP contribution is 2.34. The molecule has 7 heteroatoms. The number of rotatable bonds is 3. The second kappa shape index (κ2) is 7.43. The molecule has 7 nitrogen and oxygen atoms in total. The van der Waals surface area contributed by atoms with Gasteiger partial charge in [0.2, 0.25) is 5.76 Å². The molecule has 2 heterocycles. The maximum atomic E-state index is 13.2. The fraction of sp³-hybridized carbons (Fsp3) is 0.227. The molecule has 0 fully saturated rings. The van der Waals surface area contributed by atoms with Crippen LogP contribution in [0.4, 0.5) is 5.69 Å². The van der Waals surface area contributed by atoms with E-state index < -0.39 is 6.10 Å². The highest BCUT2D eigenvalue weighted by molar-refractivity contribution is 6.06. The van der Waals surface area contributed by atoms with Crippen LogP contribution in [0.2, 0.25) is 0 Å². The molecule has 0 saturated carbocycles. The Morgan fingerprint density at radius 2 is 1.83 bits per heavy atom. The van der Waals surface area contributed by atoms with Crippen LogP contribution in [0, 0.1) is 6.92 Å². The molecule has 1 aromatic heterocycles. The predicted molar refractivity (Wildman–Crippen MR) is 108 cm³/mol. The topological polar surface area (TPSA) is 75.9 Å². The molecule has 0 bridgehead atoms. The van der Waals surface area contributed by atoms with E-state index in [2.05, 4.69) is 5.16 Å².